The Bertz CT molecular complexity index is 705. The first-order chi connectivity index (χ1) is 11.3. The number of amides is 2. The Morgan fingerprint density at radius 3 is 2.54 bits per heavy atom. The van der Waals surface area contributed by atoms with E-state index in [1.807, 2.05) is 0 Å². The molecule has 0 spiro atoms. The first-order valence-electron chi connectivity index (χ1n) is 8.05. The van der Waals surface area contributed by atoms with Gasteiger partial charge in [-0.3, -0.25) is 9.59 Å². The quantitative estimate of drug-likeness (QED) is 0.647. The van der Waals surface area contributed by atoms with Crippen molar-refractivity contribution in [2.45, 2.75) is 49.5 Å². The number of nitrogens with zero attached hydrogens (tertiary/aromatic N) is 1. The van der Waals surface area contributed by atoms with E-state index in [0.29, 0.717) is 0 Å². The summed E-state index contributed by atoms with van der Waals surface area (Å²) in [6.45, 7) is 0.00167. The Labute approximate surface area is 141 Å². The average Bonchev–Trinajstić information content (AvgIpc) is 2.91. The van der Waals surface area contributed by atoms with Crippen molar-refractivity contribution in [1.82, 2.24) is 14.6 Å². The van der Waals surface area contributed by atoms with E-state index < -0.39 is 15.9 Å². The maximum atomic E-state index is 12.2. The number of aryl methyl sites for hydroxylation is 1. The minimum Gasteiger partial charge on any atom is -0.364 e. The highest BCUT2D eigenvalue weighted by Crippen LogP contribution is 2.17. The van der Waals surface area contributed by atoms with Crippen molar-refractivity contribution in [2.75, 3.05) is 6.54 Å². The van der Waals surface area contributed by atoms with Crippen LogP contribution in [-0.2, 0) is 21.9 Å². The van der Waals surface area contributed by atoms with Crippen molar-refractivity contribution in [3.05, 3.63) is 18.0 Å². The maximum absolute atomic E-state index is 12.2. The number of carbonyl (C=O) groups is 2. The lowest BCUT2D eigenvalue weighted by Crippen LogP contribution is -2.38. The summed E-state index contributed by atoms with van der Waals surface area (Å²) in [4.78, 5) is 23.0. The van der Waals surface area contributed by atoms with Crippen LogP contribution in [0.5, 0.6) is 0 Å². The second-order valence-corrected chi connectivity index (χ2v) is 7.85. The summed E-state index contributed by atoms with van der Waals surface area (Å²) in [5.41, 5.74) is 5.27. The van der Waals surface area contributed by atoms with Crippen LogP contribution in [0.2, 0.25) is 0 Å². The van der Waals surface area contributed by atoms with Gasteiger partial charge in [-0.15, -0.1) is 0 Å². The molecule has 4 N–H and O–H groups in total. The van der Waals surface area contributed by atoms with Gasteiger partial charge in [-0.25, -0.2) is 13.1 Å². The number of sulfonamides is 1. The molecule has 1 aliphatic carbocycles. The lowest BCUT2D eigenvalue weighted by Gasteiger charge is -2.22. The van der Waals surface area contributed by atoms with Gasteiger partial charge in [0.2, 0.25) is 15.9 Å². The predicted molar refractivity (Wildman–Crippen MR) is 88.8 cm³/mol. The van der Waals surface area contributed by atoms with E-state index in [0.717, 1.165) is 25.7 Å². The number of nitrogens with one attached hydrogen (secondary N) is 2. The molecule has 1 saturated carbocycles. The molecule has 1 aromatic heterocycles. The molecule has 2 rings (SSSR count). The molecule has 2 amide bonds. The molecule has 0 bridgehead atoms. The number of carbonyl (C=O) groups excluding carboxylic acids is 2. The van der Waals surface area contributed by atoms with Crippen LogP contribution < -0.4 is 15.8 Å². The molecule has 0 saturated heterocycles. The van der Waals surface area contributed by atoms with Crippen molar-refractivity contribution < 1.29 is 18.0 Å². The molecule has 0 aliphatic heterocycles. The monoisotopic (exact) mass is 356 g/mol. The van der Waals surface area contributed by atoms with E-state index in [2.05, 4.69) is 10.0 Å². The molecule has 9 heteroatoms. The zero-order valence-electron chi connectivity index (χ0n) is 13.7. The fourth-order valence-corrected chi connectivity index (χ4v) is 3.96. The summed E-state index contributed by atoms with van der Waals surface area (Å²) in [6, 6.07) is 1.42. The van der Waals surface area contributed by atoms with Crippen LogP contribution >= 0.6 is 0 Å². The van der Waals surface area contributed by atoms with E-state index in [9.17, 15) is 18.0 Å². The third-order valence-electron chi connectivity index (χ3n) is 4.16. The SMILES string of the molecule is Cn1cc(S(=O)(=O)NCCC(=O)NC2CCCCC2)cc1C(N)=O. The van der Waals surface area contributed by atoms with Crippen LogP contribution in [0.1, 0.15) is 49.0 Å². The number of nitrogens with two attached hydrogens (primary N) is 1. The number of aromatic nitrogens is 1. The standard InChI is InChI=1S/C15H24N4O4S/c1-19-10-12(9-13(19)15(16)21)24(22,23)17-8-7-14(20)18-11-5-3-2-4-6-11/h9-11,17H,2-8H2,1H3,(H2,16,21)(H,18,20). The summed E-state index contributed by atoms with van der Waals surface area (Å²) in [5.74, 6) is -0.860. The Balaban J connectivity index is 1.85. The van der Waals surface area contributed by atoms with Gasteiger partial charge in [0.05, 0.1) is 0 Å². The third kappa shape index (κ3) is 4.81. The minimum absolute atomic E-state index is 0.00167. The second kappa shape index (κ2) is 7.80. The molecular weight excluding hydrogens is 332 g/mol. The summed E-state index contributed by atoms with van der Waals surface area (Å²) in [6.07, 6.45) is 6.79. The minimum atomic E-state index is -3.78. The molecule has 134 valence electrons. The smallest absolute Gasteiger partial charge is 0.265 e. The van der Waals surface area contributed by atoms with Gasteiger partial charge in [0.1, 0.15) is 10.6 Å². The summed E-state index contributed by atoms with van der Waals surface area (Å²) >= 11 is 0. The summed E-state index contributed by atoms with van der Waals surface area (Å²) in [7, 11) is -2.24. The van der Waals surface area contributed by atoms with Crippen LogP contribution in [0, 0.1) is 0 Å². The number of primary amides is 1. The van der Waals surface area contributed by atoms with Gasteiger partial charge in [0.15, 0.2) is 0 Å². The third-order valence-corrected chi connectivity index (χ3v) is 5.59. The van der Waals surface area contributed by atoms with Gasteiger partial charge >= 0.3 is 0 Å². The van der Waals surface area contributed by atoms with Crippen LogP contribution in [0.25, 0.3) is 0 Å². The Morgan fingerprint density at radius 1 is 1.29 bits per heavy atom. The zero-order valence-corrected chi connectivity index (χ0v) is 14.6. The first-order valence-corrected chi connectivity index (χ1v) is 9.53. The molecule has 1 aromatic rings. The van der Waals surface area contributed by atoms with Crippen molar-refractivity contribution in [1.29, 1.82) is 0 Å². The van der Waals surface area contributed by atoms with E-state index >= 15 is 0 Å². The first kappa shape index (κ1) is 18.5. The van der Waals surface area contributed by atoms with Gasteiger partial charge < -0.3 is 15.6 Å². The van der Waals surface area contributed by atoms with Crippen LogP contribution in [-0.4, -0.2) is 37.4 Å². The topological polar surface area (TPSA) is 123 Å². The average molecular weight is 356 g/mol. The number of rotatable bonds is 7. The molecule has 0 aromatic carbocycles. The maximum Gasteiger partial charge on any atom is 0.265 e. The van der Waals surface area contributed by atoms with E-state index in [4.69, 9.17) is 5.73 Å². The lowest BCUT2D eigenvalue weighted by atomic mass is 9.95. The summed E-state index contributed by atoms with van der Waals surface area (Å²) in [5, 5.41) is 2.93. The highest BCUT2D eigenvalue weighted by molar-refractivity contribution is 7.89. The Kier molecular flexibility index (Phi) is 6.00. The highest BCUT2D eigenvalue weighted by Gasteiger charge is 2.20. The summed E-state index contributed by atoms with van der Waals surface area (Å²) < 4.78 is 28.1. The van der Waals surface area contributed by atoms with Crippen molar-refractivity contribution in [3.63, 3.8) is 0 Å². The van der Waals surface area contributed by atoms with Crippen molar-refractivity contribution in [2.24, 2.45) is 12.8 Å². The predicted octanol–water partition coefficient (Wildman–Crippen LogP) is 0.241. The zero-order chi connectivity index (χ0) is 17.7. The van der Waals surface area contributed by atoms with Crippen molar-refractivity contribution >= 4 is 21.8 Å². The van der Waals surface area contributed by atoms with E-state index in [-0.39, 0.29) is 35.5 Å². The van der Waals surface area contributed by atoms with Gasteiger partial charge in [-0.05, 0) is 18.9 Å². The molecule has 1 fully saturated rings. The van der Waals surface area contributed by atoms with Crippen LogP contribution in [0.3, 0.4) is 0 Å². The van der Waals surface area contributed by atoms with Crippen LogP contribution in [0.4, 0.5) is 0 Å². The molecule has 1 aliphatic rings. The van der Waals surface area contributed by atoms with E-state index in [1.54, 1.807) is 0 Å². The number of hydrogen-bond acceptors (Lipinski definition) is 4. The van der Waals surface area contributed by atoms with Gasteiger partial charge in [-0.2, -0.15) is 0 Å². The molecular formula is C15H24N4O4S. The molecule has 0 radical (unpaired) electrons. The Morgan fingerprint density at radius 2 is 1.96 bits per heavy atom. The van der Waals surface area contributed by atoms with Crippen LogP contribution in [0.15, 0.2) is 17.2 Å². The molecule has 8 nitrogen and oxygen atoms in total. The Hall–Kier alpha value is -1.87. The second-order valence-electron chi connectivity index (χ2n) is 6.09. The van der Waals surface area contributed by atoms with E-state index in [1.165, 1.54) is 30.3 Å². The van der Waals surface area contributed by atoms with Gasteiger partial charge in [-0.1, -0.05) is 19.3 Å². The molecule has 0 atom stereocenters. The normalized spacial score (nSPS) is 16.0. The molecule has 24 heavy (non-hydrogen) atoms. The van der Waals surface area contributed by atoms with Gasteiger partial charge in [0, 0.05) is 32.3 Å². The fraction of sp³-hybridized carbons (Fsp3) is 0.600. The van der Waals surface area contributed by atoms with Crippen molar-refractivity contribution in [3.8, 4) is 0 Å². The molecule has 1 heterocycles. The number of hydrogen-bond donors (Lipinski definition) is 3. The largest absolute Gasteiger partial charge is 0.364 e. The fourth-order valence-electron chi connectivity index (χ4n) is 2.86. The molecule has 0 unspecified atom stereocenters. The highest BCUT2D eigenvalue weighted by atomic mass is 32.2. The van der Waals surface area contributed by atoms with Gasteiger partial charge in [0.25, 0.3) is 5.91 Å². The lowest BCUT2D eigenvalue weighted by molar-refractivity contribution is -0.121.